The first-order valence-corrected chi connectivity index (χ1v) is 5.57. The van der Waals surface area contributed by atoms with E-state index in [1.165, 1.54) is 0 Å². The summed E-state index contributed by atoms with van der Waals surface area (Å²) in [5, 5.41) is 3.17. The third kappa shape index (κ3) is 1.93. The second-order valence-electron chi connectivity index (χ2n) is 3.76. The van der Waals surface area contributed by atoms with Gasteiger partial charge in [0.1, 0.15) is 6.04 Å². The summed E-state index contributed by atoms with van der Waals surface area (Å²) in [5.41, 5.74) is 7.31. The summed E-state index contributed by atoms with van der Waals surface area (Å²) in [6.45, 7) is 1.76. The van der Waals surface area contributed by atoms with Crippen LogP contribution in [0.1, 0.15) is 13.0 Å². The third-order valence-corrected chi connectivity index (χ3v) is 2.93. The molecule has 0 aliphatic rings. The molecular formula is C11H13ClN4O. The normalized spacial score (nSPS) is 12.6. The van der Waals surface area contributed by atoms with Crippen molar-refractivity contribution in [1.82, 2.24) is 14.9 Å². The number of rotatable bonds is 2. The summed E-state index contributed by atoms with van der Waals surface area (Å²) >= 11 is 5.94. The Morgan fingerprint density at radius 2 is 2.29 bits per heavy atom. The number of aromatic nitrogens is 2. The molecule has 5 nitrogen and oxygen atoms in total. The van der Waals surface area contributed by atoms with Crippen LogP contribution in [-0.2, 0) is 4.79 Å². The minimum atomic E-state index is -0.427. The number of hydrogen-bond acceptors (Lipinski definition) is 3. The van der Waals surface area contributed by atoms with Crippen LogP contribution in [0.3, 0.4) is 0 Å². The minimum Gasteiger partial charge on any atom is -0.369 e. The zero-order chi connectivity index (χ0) is 12.6. The monoisotopic (exact) mass is 252 g/mol. The van der Waals surface area contributed by atoms with E-state index >= 15 is 0 Å². The van der Waals surface area contributed by atoms with Gasteiger partial charge >= 0.3 is 0 Å². The van der Waals surface area contributed by atoms with E-state index in [4.69, 9.17) is 17.3 Å². The van der Waals surface area contributed by atoms with Crippen LogP contribution >= 0.6 is 11.6 Å². The van der Waals surface area contributed by atoms with Gasteiger partial charge < -0.3 is 11.1 Å². The number of nitrogen functional groups attached to an aromatic ring is 1. The zero-order valence-corrected chi connectivity index (χ0v) is 10.3. The van der Waals surface area contributed by atoms with Gasteiger partial charge in [-0.3, -0.25) is 9.36 Å². The number of nitrogens with one attached hydrogen (secondary N) is 1. The Balaban J connectivity index is 2.63. The SMILES string of the molecule is CNC(=O)C(C)n1c(N)nc2ccc(Cl)cc21. The Kier molecular flexibility index (Phi) is 2.93. The Bertz CT molecular complexity index is 578. The van der Waals surface area contributed by atoms with Crippen LogP contribution in [0, 0.1) is 0 Å². The molecule has 0 saturated carbocycles. The predicted octanol–water partition coefficient (Wildman–Crippen LogP) is 1.58. The van der Waals surface area contributed by atoms with Crippen molar-refractivity contribution < 1.29 is 4.79 Å². The van der Waals surface area contributed by atoms with Crippen LogP contribution in [0.25, 0.3) is 11.0 Å². The Hall–Kier alpha value is -1.75. The van der Waals surface area contributed by atoms with Crippen molar-refractivity contribution in [2.45, 2.75) is 13.0 Å². The average molecular weight is 253 g/mol. The molecule has 0 bridgehead atoms. The van der Waals surface area contributed by atoms with Crippen molar-refractivity contribution in [1.29, 1.82) is 0 Å². The average Bonchev–Trinajstić information content (AvgIpc) is 2.62. The molecule has 2 aromatic rings. The second kappa shape index (κ2) is 4.25. The fraction of sp³-hybridized carbons (Fsp3) is 0.273. The standard InChI is InChI=1S/C11H13ClN4O/c1-6(10(17)14-2)16-9-5-7(12)3-4-8(9)15-11(16)13/h3-6H,1-2H3,(H2,13,15)(H,14,17). The summed E-state index contributed by atoms with van der Waals surface area (Å²) in [7, 11) is 1.58. The van der Waals surface area contributed by atoms with E-state index in [9.17, 15) is 4.79 Å². The van der Waals surface area contributed by atoms with Gasteiger partial charge in [-0.15, -0.1) is 0 Å². The molecule has 1 aromatic heterocycles. The molecule has 0 aliphatic heterocycles. The molecule has 17 heavy (non-hydrogen) atoms. The van der Waals surface area contributed by atoms with Crippen LogP contribution < -0.4 is 11.1 Å². The van der Waals surface area contributed by atoms with Gasteiger partial charge in [-0.2, -0.15) is 0 Å². The highest BCUT2D eigenvalue weighted by Gasteiger charge is 2.19. The molecule has 0 fully saturated rings. The maximum Gasteiger partial charge on any atom is 0.242 e. The summed E-state index contributed by atoms with van der Waals surface area (Å²) in [6.07, 6.45) is 0. The van der Waals surface area contributed by atoms with E-state index in [1.807, 2.05) is 0 Å². The molecule has 2 rings (SSSR count). The van der Waals surface area contributed by atoms with Crippen molar-refractivity contribution >= 4 is 34.5 Å². The van der Waals surface area contributed by atoms with Crippen LogP contribution in [0.2, 0.25) is 5.02 Å². The van der Waals surface area contributed by atoms with Crippen molar-refractivity contribution in [2.24, 2.45) is 0 Å². The van der Waals surface area contributed by atoms with Crippen LogP contribution in [0.4, 0.5) is 5.95 Å². The number of benzene rings is 1. The number of hydrogen-bond donors (Lipinski definition) is 2. The van der Waals surface area contributed by atoms with Gasteiger partial charge in [0.25, 0.3) is 0 Å². The van der Waals surface area contributed by atoms with Crippen LogP contribution in [-0.4, -0.2) is 22.5 Å². The van der Waals surface area contributed by atoms with Crippen molar-refractivity contribution in [3.05, 3.63) is 23.2 Å². The molecule has 0 saturated heterocycles. The smallest absolute Gasteiger partial charge is 0.242 e. The topological polar surface area (TPSA) is 72.9 Å². The van der Waals surface area contributed by atoms with Gasteiger partial charge in [0.05, 0.1) is 11.0 Å². The number of halogens is 1. The van der Waals surface area contributed by atoms with Crippen LogP contribution in [0.15, 0.2) is 18.2 Å². The third-order valence-electron chi connectivity index (χ3n) is 2.69. The van der Waals surface area contributed by atoms with Gasteiger partial charge in [-0.25, -0.2) is 4.98 Å². The van der Waals surface area contributed by atoms with Gasteiger partial charge in [-0.05, 0) is 25.1 Å². The van der Waals surface area contributed by atoms with Crippen molar-refractivity contribution in [3.8, 4) is 0 Å². The van der Waals surface area contributed by atoms with Gasteiger partial charge in [0.15, 0.2) is 0 Å². The highest BCUT2D eigenvalue weighted by molar-refractivity contribution is 6.31. The zero-order valence-electron chi connectivity index (χ0n) is 9.57. The fourth-order valence-corrected chi connectivity index (χ4v) is 1.98. The van der Waals surface area contributed by atoms with E-state index < -0.39 is 6.04 Å². The second-order valence-corrected chi connectivity index (χ2v) is 4.20. The highest BCUT2D eigenvalue weighted by atomic mass is 35.5. The molecule has 90 valence electrons. The fourth-order valence-electron chi connectivity index (χ4n) is 1.82. The lowest BCUT2D eigenvalue weighted by molar-refractivity contribution is -0.123. The van der Waals surface area contributed by atoms with E-state index in [0.717, 1.165) is 11.0 Å². The first-order chi connectivity index (χ1) is 8.04. The van der Waals surface area contributed by atoms with E-state index in [2.05, 4.69) is 10.3 Å². The van der Waals surface area contributed by atoms with Gasteiger partial charge in [0.2, 0.25) is 11.9 Å². The molecule has 3 N–H and O–H groups in total. The first-order valence-electron chi connectivity index (χ1n) is 5.19. The molecule has 1 aromatic carbocycles. The quantitative estimate of drug-likeness (QED) is 0.852. The maximum absolute atomic E-state index is 11.6. The van der Waals surface area contributed by atoms with E-state index in [1.54, 1.807) is 36.7 Å². The molecule has 0 spiro atoms. The summed E-state index contributed by atoms with van der Waals surface area (Å²) < 4.78 is 1.67. The number of nitrogens with zero attached hydrogens (tertiary/aromatic N) is 2. The molecule has 0 radical (unpaired) electrons. The number of fused-ring (bicyclic) bond motifs is 1. The molecule has 1 amide bonds. The van der Waals surface area contributed by atoms with Gasteiger partial charge in [0, 0.05) is 12.1 Å². The Morgan fingerprint density at radius 3 is 2.94 bits per heavy atom. The number of likely N-dealkylation sites (N-methyl/N-ethyl adjacent to an activating group) is 1. The molecule has 1 heterocycles. The van der Waals surface area contributed by atoms with Crippen molar-refractivity contribution in [3.63, 3.8) is 0 Å². The van der Waals surface area contributed by atoms with Gasteiger partial charge in [-0.1, -0.05) is 11.6 Å². The molecule has 6 heteroatoms. The summed E-state index contributed by atoms with van der Waals surface area (Å²) in [5.74, 6) is 0.175. The lowest BCUT2D eigenvalue weighted by atomic mass is 10.2. The number of nitrogens with two attached hydrogens (primary N) is 1. The number of imidazole rings is 1. The maximum atomic E-state index is 11.6. The molecule has 1 atom stereocenters. The van der Waals surface area contributed by atoms with E-state index in [-0.39, 0.29) is 5.91 Å². The first kappa shape index (κ1) is 11.7. The molecule has 0 aliphatic carbocycles. The Morgan fingerprint density at radius 1 is 1.59 bits per heavy atom. The largest absolute Gasteiger partial charge is 0.369 e. The number of carbonyl (C=O) groups excluding carboxylic acids is 1. The number of anilines is 1. The Labute approximate surface area is 104 Å². The summed E-state index contributed by atoms with van der Waals surface area (Å²) in [4.78, 5) is 15.8. The minimum absolute atomic E-state index is 0.129. The summed E-state index contributed by atoms with van der Waals surface area (Å²) in [6, 6.07) is 4.84. The lowest BCUT2D eigenvalue weighted by Gasteiger charge is -2.14. The van der Waals surface area contributed by atoms with E-state index in [0.29, 0.717) is 11.0 Å². The van der Waals surface area contributed by atoms with Crippen LogP contribution in [0.5, 0.6) is 0 Å². The highest BCUT2D eigenvalue weighted by Crippen LogP contribution is 2.25. The number of carbonyl (C=O) groups is 1. The molecule has 1 unspecified atom stereocenters. The molecular weight excluding hydrogens is 240 g/mol. The predicted molar refractivity (Wildman–Crippen MR) is 67.9 cm³/mol. The van der Waals surface area contributed by atoms with Crippen molar-refractivity contribution in [2.75, 3.05) is 12.8 Å². The number of amides is 1. The lowest BCUT2D eigenvalue weighted by Crippen LogP contribution is -2.28.